The fraction of sp³-hybridized carbons (Fsp3) is 0.857. The lowest BCUT2D eigenvalue weighted by atomic mass is 9.78. The predicted molar refractivity (Wildman–Crippen MR) is 70.1 cm³/mol. The van der Waals surface area contributed by atoms with Crippen molar-refractivity contribution in [1.29, 1.82) is 0 Å². The molecule has 0 saturated heterocycles. The van der Waals surface area contributed by atoms with Crippen molar-refractivity contribution in [2.75, 3.05) is 0 Å². The van der Waals surface area contributed by atoms with Gasteiger partial charge >= 0.3 is 5.97 Å². The summed E-state index contributed by atoms with van der Waals surface area (Å²) in [5, 5.41) is 12.2. The van der Waals surface area contributed by atoms with E-state index in [-0.39, 0.29) is 17.9 Å². The number of carbonyl (C=O) groups is 2. The zero-order valence-corrected chi connectivity index (χ0v) is 11.6. The van der Waals surface area contributed by atoms with Crippen LogP contribution in [-0.2, 0) is 9.59 Å². The van der Waals surface area contributed by atoms with Crippen molar-refractivity contribution in [3.63, 3.8) is 0 Å². The smallest absolute Gasteiger partial charge is 0.307 e. The second-order valence-corrected chi connectivity index (χ2v) is 5.60. The lowest BCUT2D eigenvalue weighted by Gasteiger charge is -2.30. The molecule has 1 aliphatic rings. The number of hydrogen-bond donors (Lipinski definition) is 2. The fourth-order valence-corrected chi connectivity index (χ4v) is 2.77. The predicted octanol–water partition coefficient (Wildman–Crippen LogP) is 2.43. The summed E-state index contributed by atoms with van der Waals surface area (Å²) < 4.78 is 0. The van der Waals surface area contributed by atoms with Crippen LogP contribution in [-0.4, -0.2) is 23.0 Å². The summed E-state index contributed by atoms with van der Waals surface area (Å²) in [7, 11) is 0. The van der Waals surface area contributed by atoms with Crippen LogP contribution in [0.5, 0.6) is 0 Å². The topological polar surface area (TPSA) is 66.4 Å². The van der Waals surface area contributed by atoms with E-state index in [0.29, 0.717) is 18.8 Å². The standard InChI is InChI=1S/C14H25NO3/c1-4-12(9(2)3)15-13(16)10-7-5-6-8-11(10)14(17)18/h9-12H,4-8H2,1-3H3,(H,15,16)(H,17,18). The van der Waals surface area contributed by atoms with Gasteiger partial charge in [0.05, 0.1) is 11.8 Å². The molecule has 3 atom stereocenters. The molecule has 0 bridgehead atoms. The van der Waals surface area contributed by atoms with E-state index in [1.807, 2.05) is 6.92 Å². The third-order valence-corrected chi connectivity index (χ3v) is 3.99. The van der Waals surface area contributed by atoms with Gasteiger partial charge in [0, 0.05) is 6.04 Å². The van der Waals surface area contributed by atoms with Gasteiger partial charge < -0.3 is 10.4 Å². The number of rotatable bonds is 5. The van der Waals surface area contributed by atoms with Gasteiger partial charge in [0.2, 0.25) is 5.91 Å². The molecular formula is C14H25NO3. The van der Waals surface area contributed by atoms with Crippen LogP contribution in [0.4, 0.5) is 0 Å². The van der Waals surface area contributed by atoms with Crippen LogP contribution < -0.4 is 5.32 Å². The van der Waals surface area contributed by atoms with Crippen LogP contribution in [0.3, 0.4) is 0 Å². The van der Waals surface area contributed by atoms with E-state index in [0.717, 1.165) is 19.3 Å². The average Bonchev–Trinajstić information content (AvgIpc) is 2.35. The molecule has 18 heavy (non-hydrogen) atoms. The molecule has 0 spiro atoms. The molecule has 0 aromatic rings. The summed E-state index contributed by atoms with van der Waals surface area (Å²) in [5.41, 5.74) is 0. The fourth-order valence-electron chi connectivity index (χ4n) is 2.77. The molecule has 104 valence electrons. The first-order valence-corrected chi connectivity index (χ1v) is 7.00. The molecule has 1 rings (SSSR count). The molecule has 1 fully saturated rings. The summed E-state index contributed by atoms with van der Waals surface area (Å²) >= 11 is 0. The molecule has 0 aliphatic heterocycles. The lowest BCUT2D eigenvalue weighted by molar-refractivity contribution is -0.149. The Bertz CT molecular complexity index is 301. The van der Waals surface area contributed by atoms with Crippen molar-refractivity contribution in [3.8, 4) is 0 Å². The number of hydrogen-bond acceptors (Lipinski definition) is 2. The normalized spacial score (nSPS) is 25.8. The van der Waals surface area contributed by atoms with E-state index < -0.39 is 11.9 Å². The van der Waals surface area contributed by atoms with Gasteiger partial charge in [-0.1, -0.05) is 33.6 Å². The van der Waals surface area contributed by atoms with Crippen LogP contribution in [0, 0.1) is 17.8 Å². The third-order valence-electron chi connectivity index (χ3n) is 3.99. The first-order valence-electron chi connectivity index (χ1n) is 7.00. The molecule has 2 N–H and O–H groups in total. The molecule has 0 radical (unpaired) electrons. The molecular weight excluding hydrogens is 230 g/mol. The van der Waals surface area contributed by atoms with E-state index in [1.54, 1.807) is 0 Å². The SMILES string of the molecule is CCC(NC(=O)C1CCCCC1C(=O)O)C(C)C. The summed E-state index contributed by atoms with van der Waals surface area (Å²) in [6, 6.07) is 0.147. The van der Waals surface area contributed by atoms with Crippen molar-refractivity contribution < 1.29 is 14.7 Å². The van der Waals surface area contributed by atoms with Gasteiger partial charge in [-0.2, -0.15) is 0 Å². The van der Waals surface area contributed by atoms with Crippen molar-refractivity contribution in [2.24, 2.45) is 17.8 Å². The van der Waals surface area contributed by atoms with Gasteiger partial charge in [-0.3, -0.25) is 9.59 Å². The monoisotopic (exact) mass is 255 g/mol. The second kappa shape index (κ2) is 6.76. The highest BCUT2D eigenvalue weighted by molar-refractivity contribution is 5.85. The largest absolute Gasteiger partial charge is 0.481 e. The van der Waals surface area contributed by atoms with Crippen LogP contribution in [0.2, 0.25) is 0 Å². The number of amides is 1. The number of carboxylic acids is 1. The quantitative estimate of drug-likeness (QED) is 0.793. The molecule has 4 nitrogen and oxygen atoms in total. The van der Waals surface area contributed by atoms with Crippen LogP contribution >= 0.6 is 0 Å². The second-order valence-electron chi connectivity index (χ2n) is 5.60. The Kier molecular flexibility index (Phi) is 5.63. The maximum Gasteiger partial charge on any atom is 0.307 e. The summed E-state index contributed by atoms with van der Waals surface area (Å²) in [5.74, 6) is -1.35. The molecule has 1 aliphatic carbocycles. The van der Waals surface area contributed by atoms with Gasteiger partial charge in [0.15, 0.2) is 0 Å². The zero-order valence-electron chi connectivity index (χ0n) is 11.6. The van der Waals surface area contributed by atoms with E-state index >= 15 is 0 Å². The highest BCUT2D eigenvalue weighted by atomic mass is 16.4. The van der Waals surface area contributed by atoms with E-state index in [1.165, 1.54) is 0 Å². The molecule has 4 heteroatoms. The van der Waals surface area contributed by atoms with Crippen LogP contribution in [0.25, 0.3) is 0 Å². The number of aliphatic carboxylic acids is 1. The number of carboxylic acid groups (broad SMARTS) is 1. The Labute approximate surface area is 109 Å². The van der Waals surface area contributed by atoms with Crippen LogP contribution in [0.15, 0.2) is 0 Å². The molecule has 1 amide bonds. The molecule has 0 aromatic heterocycles. The summed E-state index contributed by atoms with van der Waals surface area (Å²) in [6.07, 6.45) is 4.10. The Hall–Kier alpha value is -1.06. The van der Waals surface area contributed by atoms with Gasteiger partial charge in [-0.25, -0.2) is 0 Å². The Balaban J connectivity index is 2.65. The molecule has 0 heterocycles. The van der Waals surface area contributed by atoms with Crippen LogP contribution in [0.1, 0.15) is 52.9 Å². The lowest BCUT2D eigenvalue weighted by Crippen LogP contribution is -2.45. The minimum Gasteiger partial charge on any atom is -0.481 e. The summed E-state index contributed by atoms with van der Waals surface area (Å²) in [4.78, 5) is 23.4. The van der Waals surface area contributed by atoms with Gasteiger partial charge in [0.1, 0.15) is 0 Å². The highest BCUT2D eigenvalue weighted by Crippen LogP contribution is 2.30. The molecule has 0 aromatic carbocycles. The zero-order chi connectivity index (χ0) is 13.7. The van der Waals surface area contributed by atoms with Gasteiger partial charge in [-0.15, -0.1) is 0 Å². The van der Waals surface area contributed by atoms with E-state index in [4.69, 9.17) is 0 Å². The Morgan fingerprint density at radius 1 is 1.22 bits per heavy atom. The Morgan fingerprint density at radius 2 is 1.78 bits per heavy atom. The van der Waals surface area contributed by atoms with Crippen molar-refractivity contribution >= 4 is 11.9 Å². The van der Waals surface area contributed by atoms with Crippen molar-refractivity contribution in [1.82, 2.24) is 5.32 Å². The first-order chi connectivity index (χ1) is 8.47. The number of carbonyl (C=O) groups excluding carboxylic acids is 1. The third kappa shape index (κ3) is 3.72. The number of nitrogens with one attached hydrogen (secondary N) is 1. The van der Waals surface area contributed by atoms with Crippen molar-refractivity contribution in [2.45, 2.75) is 58.9 Å². The molecule has 1 saturated carbocycles. The Morgan fingerprint density at radius 3 is 2.22 bits per heavy atom. The van der Waals surface area contributed by atoms with E-state index in [2.05, 4.69) is 19.2 Å². The minimum atomic E-state index is -0.826. The van der Waals surface area contributed by atoms with Gasteiger partial charge in [-0.05, 0) is 25.2 Å². The minimum absolute atomic E-state index is 0.0670. The maximum absolute atomic E-state index is 12.2. The summed E-state index contributed by atoms with van der Waals surface area (Å²) in [6.45, 7) is 6.19. The maximum atomic E-state index is 12.2. The van der Waals surface area contributed by atoms with Gasteiger partial charge in [0.25, 0.3) is 0 Å². The molecule has 3 unspecified atom stereocenters. The van der Waals surface area contributed by atoms with E-state index in [9.17, 15) is 14.7 Å². The van der Waals surface area contributed by atoms with Crippen molar-refractivity contribution in [3.05, 3.63) is 0 Å². The highest BCUT2D eigenvalue weighted by Gasteiger charge is 2.36. The first kappa shape index (κ1) is 15.0. The average molecular weight is 255 g/mol.